The van der Waals surface area contributed by atoms with Crippen LogP contribution in [0.3, 0.4) is 0 Å². The quantitative estimate of drug-likeness (QED) is 0.762. The Hall–Kier alpha value is -1.10. The first-order valence-electron chi connectivity index (χ1n) is 7.22. The second kappa shape index (κ2) is 5.90. The van der Waals surface area contributed by atoms with Crippen molar-refractivity contribution in [3.8, 4) is 0 Å². The van der Waals surface area contributed by atoms with Crippen LogP contribution in [-0.2, 0) is 9.59 Å². The van der Waals surface area contributed by atoms with E-state index in [0.717, 1.165) is 6.54 Å². The minimum absolute atomic E-state index is 0.00990. The van der Waals surface area contributed by atoms with E-state index in [1.165, 1.54) is 12.8 Å². The first-order valence-corrected chi connectivity index (χ1v) is 7.22. The number of hydrogen-bond donors (Lipinski definition) is 1. The monoisotopic (exact) mass is 268 g/mol. The summed E-state index contributed by atoms with van der Waals surface area (Å²) in [5, 5.41) is 9.04. The lowest BCUT2D eigenvalue weighted by molar-refractivity contribution is -0.138. The zero-order chi connectivity index (χ0) is 14.0. The molecule has 2 fully saturated rings. The lowest BCUT2D eigenvalue weighted by Gasteiger charge is -2.28. The van der Waals surface area contributed by atoms with E-state index >= 15 is 0 Å². The Labute approximate surface area is 114 Å². The molecular weight excluding hydrogens is 244 g/mol. The van der Waals surface area contributed by atoms with Crippen molar-refractivity contribution in [3.05, 3.63) is 0 Å². The smallest absolute Gasteiger partial charge is 0.228 e. The summed E-state index contributed by atoms with van der Waals surface area (Å²) in [6.45, 7) is 5.58. The van der Waals surface area contributed by atoms with Gasteiger partial charge in [-0.05, 0) is 32.6 Å². The molecular formula is C14H24N2O3. The first kappa shape index (κ1) is 14.3. The molecule has 0 aromatic heterocycles. The second-order valence-corrected chi connectivity index (χ2v) is 5.99. The van der Waals surface area contributed by atoms with Gasteiger partial charge in [0.2, 0.25) is 11.8 Å². The topological polar surface area (TPSA) is 60.9 Å². The molecule has 1 aliphatic heterocycles. The molecule has 2 rings (SSSR count). The lowest BCUT2D eigenvalue weighted by atomic mass is 10.1. The van der Waals surface area contributed by atoms with Crippen LogP contribution in [0.1, 0.15) is 33.1 Å². The number of rotatable bonds is 6. The number of aliphatic hydroxyl groups is 1. The molecule has 1 atom stereocenters. The molecule has 1 unspecified atom stereocenters. The van der Waals surface area contributed by atoms with E-state index in [2.05, 4.69) is 0 Å². The Morgan fingerprint density at radius 1 is 1.47 bits per heavy atom. The van der Waals surface area contributed by atoms with Gasteiger partial charge >= 0.3 is 0 Å². The fourth-order valence-corrected chi connectivity index (χ4v) is 2.69. The Morgan fingerprint density at radius 2 is 2.16 bits per heavy atom. The van der Waals surface area contributed by atoms with Gasteiger partial charge in [0.1, 0.15) is 0 Å². The minimum atomic E-state index is -0.222. The zero-order valence-electron chi connectivity index (χ0n) is 11.8. The predicted molar refractivity (Wildman–Crippen MR) is 71.3 cm³/mol. The van der Waals surface area contributed by atoms with Crippen LogP contribution in [0, 0.1) is 11.8 Å². The molecule has 19 heavy (non-hydrogen) atoms. The summed E-state index contributed by atoms with van der Waals surface area (Å²) >= 11 is 0. The Kier molecular flexibility index (Phi) is 4.45. The molecule has 1 saturated carbocycles. The normalized spacial score (nSPS) is 23.3. The number of amides is 2. The van der Waals surface area contributed by atoms with Crippen LogP contribution >= 0.6 is 0 Å². The largest absolute Gasteiger partial charge is 0.395 e. The van der Waals surface area contributed by atoms with E-state index in [-0.39, 0.29) is 30.4 Å². The summed E-state index contributed by atoms with van der Waals surface area (Å²) in [5.74, 6) is 0.560. The molecule has 0 aromatic rings. The maximum Gasteiger partial charge on any atom is 0.228 e. The van der Waals surface area contributed by atoms with E-state index in [4.69, 9.17) is 5.11 Å². The number of likely N-dealkylation sites (tertiary alicyclic amines) is 1. The van der Waals surface area contributed by atoms with E-state index < -0.39 is 0 Å². The van der Waals surface area contributed by atoms with Crippen molar-refractivity contribution in [3.63, 3.8) is 0 Å². The third kappa shape index (κ3) is 3.47. The van der Waals surface area contributed by atoms with Crippen LogP contribution in [0.2, 0.25) is 0 Å². The van der Waals surface area contributed by atoms with E-state index in [1.54, 1.807) is 4.90 Å². The lowest BCUT2D eigenvalue weighted by Crippen LogP contribution is -2.43. The van der Waals surface area contributed by atoms with Crippen LogP contribution in [0.25, 0.3) is 0 Å². The van der Waals surface area contributed by atoms with Crippen LogP contribution < -0.4 is 0 Å². The number of hydrogen-bond acceptors (Lipinski definition) is 3. The first-order chi connectivity index (χ1) is 9.02. The number of aliphatic hydroxyl groups excluding tert-OH is 1. The van der Waals surface area contributed by atoms with Crippen molar-refractivity contribution in [1.82, 2.24) is 9.80 Å². The average molecular weight is 268 g/mol. The van der Waals surface area contributed by atoms with Crippen molar-refractivity contribution < 1.29 is 14.7 Å². The van der Waals surface area contributed by atoms with Gasteiger partial charge in [0.25, 0.3) is 0 Å². The fraction of sp³-hybridized carbons (Fsp3) is 0.857. The van der Waals surface area contributed by atoms with Crippen LogP contribution in [0.4, 0.5) is 0 Å². The van der Waals surface area contributed by atoms with Gasteiger partial charge in [0.05, 0.1) is 12.5 Å². The molecule has 1 aliphatic carbocycles. The van der Waals surface area contributed by atoms with Crippen molar-refractivity contribution in [2.24, 2.45) is 11.8 Å². The van der Waals surface area contributed by atoms with E-state index in [9.17, 15) is 9.59 Å². The molecule has 5 nitrogen and oxygen atoms in total. The third-order valence-electron chi connectivity index (χ3n) is 3.99. The zero-order valence-corrected chi connectivity index (χ0v) is 11.8. The van der Waals surface area contributed by atoms with E-state index in [1.807, 2.05) is 18.7 Å². The highest BCUT2D eigenvalue weighted by atomic mass is 16.3. The number of nitrogens with zero attached hydrogens (tertiary/aromatic N) is 2. The standard InChI is InChI=1S/C14H24N2O3/c1-10(2)16(5-6-17)14(19)12-7-13(18)15(9-12)8-11-3-4-11/h10-12,17H,3-9H2,1-2H3. The van der Waals surface area contributed by atoms with Crippen molar-refractivity contribution in [2.45, 2.75) is 39.2 Å². The third-order valence-corrected chi connectivity index (χ3v) is 3.99. The van der Waals surface area contributed by atoms with Crippen LogP contribution in [0.5, 0.6) is 0 Å². The van der Waals surface area contributed by atoms with Crippen molar-refractivity contribution in [1.29, 1.82) is 0 Å². The Balaban J connectivity index is 1.93. The van der Waals surface area contributed by atoms with Gasteiger partial charge in [-0.2, -0.15) is 0 Å². The second-order valence-electron chi connectivity index (χ2n) is 5.99. The van der Waals surface area contributed by atoms with Gasteiger partial charge in [0.15, 0.2) is 0 Å². The molecule has 5 heteroatoms. The van der Waals surface area contributed by atoms with Gasteiger partial charge in [-0.1, -0.05) is 0 Å². The summed E-state index contributed by atoms with van der Waals surface area (Å²) in [7, 11) is 0. The molecule has 1 N–H and O–H groups in total. The highest BCUT2D eigenvalue weighted by Crippen LogP contribution is 2.32. The molecule has 2 aliphatic rings. The summed E-state index contributed by atoms with van der Waals surface area (Å²) in [6.07, 6.45) is 2.76. The highest BCUT2D eigenvalue weighted by Gasteiger charge is 2.38. The van der Waals surface area contributed by atoms with Gasteiger partial charge in [-0.15, -0.1) is 0 Å². The highest BCUT2D eigenvalue weighted by molar-refractivity contribution is 5.89. The van der Waals surface area contributed by atoms with Crippen molar-refractivity contribution in [2.75, 3.05) is 26.2 Å². The molecule has 2 amide bonds. The number of carbonyl (C=O) groups is 2. The molecule has 1 heterocycles. The average Bonchev–Trinajstić information content (AvgIpc) is 3.09. The van der Waals surface area contributed by atoms with Gasteiger partial charge < -0.3 is 14.9 Å². The molecule has 0 bridgehead atoms. The molecule has 1 saturated heterocycles. The van der Waals surface area contributed by atoms with Gasteiger partial charge in [0, 0.05) is 32.1 Å². The molecule has 108 valence electrons. The minimum Gasteiger partial charge on any atom is -0.395 e. The summed E-state index contributed by atoms with van der Waals surface area (Å²) in [5.41, 5.74) is 0. The fourth-order valence-electron chi connectivity index (χ4n) is 2.69. The Morgan fingerprint density at radius 3 is 2.68 bits per heavy atom. The molecule has 0 aromatic carbocycles. The van der Waals surface area contributed by atoms with Gasteiger partial charge in [-0.3, -0.25) is 9.59 Å². The van der Waals surface area contributed by atoms with Crippen LogP contribution in [-0.4, -0.2) is 59.0 Å². The number of carbonyl (C=O) groups excluding carboxylic acids is 2. The Bertz CT molecular complexity index is 353. The summed E-state index contributed by atoms with van der Waals surface area (Å²) < 4.78 is 0. The summed E-state index contributed by atoms with van der Waals surface area (Å²) in [4.78, 5) is 27.8. The van der Waals surface area contributed by atoms with E-state index in [0.29, 0.717) is 25.4 Å². The maximum absolute atomic E-state index is 12.4. The molecule has 0 radical (unpaired) electrons. The SMILES string of the molecule is CC(C)N(CCO)C(=O)C1CC(=O)N(CC2CC2)C1. The molecule has 0 spiro atoms. The van der Waals surface area contributed by atoms with Gasteiger partial charge in [-0.25, -0.2) is 0 Å². The predicted octanol–water partition coefficient (Wildman–Crippen LogP) is 0.474. The maximum atomic E-state index is 12.4. The van der Waals surface area contributed by atoms with Crippen molar-refractivity contribution >= 4 is 11.8 Å². The summed E-state index contributed by atoms with van der Waals surface area (Å²) in [6, 6.07) is 0.0623. The van der Waals surface area contributed by atoms with Crippen LogP contribution in [0.15, 0.2) is 0 Å².